The maximum atomic E-state index is 14.0. The lowest BCUT2D eigenvalue weighted by Crippen LogP contribution is -2.49. The van der Waals surface area contributed by atoms with E-state index in [9.17, 15) is 22.0 Å². The summed E-state index contributed by atoms with van der Waals surface area (Å²) in [7, 11) is -3.59. The Morgan fingerprint density at radius 2 is 1.56 bits per heavy atom. The van der Waals surface area contributed by atoms with Crippen LogP contribution in [0.4, 0.5) is 20.2 Å². The molecule has 2 aliphatic rings. The lowest BCUT2D eigenvalue weighted by atomic mass is 9.97. The number of piperazine rings is 1. The molecule has 43 heavy (non-hydrogen) atoms. The van der Waals surface area contributed by atoms with Crippen LogP contribution in [-0.2, 0) is 21.2 Å². The molecule has 1 saturated carbocycles. The molecule has 0 bridgehead atoms. The fraction of sp³-hybridized carbons (Fsp3) is 0.290. The first-order chi connectivity index (χ1) is 20.6. The van der Waals surface area contributed by atoms with Gasteiger partial charge in [0.2, 0.25) is 15.8 Å². The summed E-state index contributed by atoms with van der Waals surface area (Å²) in [6.45, 7) is 1.21. The van der Waals surface area contributed by atoms with Gasteiger partial charge in [0.05, 0.1) is 24.2 Å². The van der Waals surface area contributed by atoms with Crippen molar-refractivity contribution in [3.63, 3.8) is 0 Å². The fourth-order valence-corrected chi connectivity index (χ4v) is 6.94. The van der Waals surface area contributed by atoms with Crippen LogP contribution in [0, 0.1) is 11.6 Å². The Bertz CT molecular complexity index is 1770. The molecule has 2 fully saturated rings. The van der Waals surface area contributed by atoms with Crippen molar-refractivity contribution >= 4 is 21.4 Å². The van der Waals surface area contributed by atoms with Gasteiger partial charge in [-0.3, -0.25) is 4.79 Å². The predicted octanol–water partition coefficient (Wildman–Crippen LogP) is 3.86. The lowest BCUT2D eigenvalue weighted by Gasteiger charge is -2.36. The summed E-state index contributed by atoms with van der Waals surface area (Å²) in [4.78, 5) is 15.6. The topological polar surface area (TPSA) is 111 Å². The Balaban J connectivity index is 1.26. The Morgan fingerprint density at radius 1 is 0.907 bits per heavy atom. The number of anilines is 2. The number of nitrogens with two attached hydrogens (primary N) is 1. The maximum absolute atomic E-state index is 14.0. The molecule has 0 unspecified atom stereocenters. The highest BCUT2D eigenvalue weighted by Gasteiger charge is 2.45. The number of benzene rings is 3. The molecule has 0 radical (unpaired) electrons. The number of rotatable bonds is 9. The first-order valence-electron chi connectivity index (χ1n) is 14.0. The molecular formula is C31H31F2N5O4S. The van der Waals surface area contributed by atoms with Crippen LogP contribution < -0.4 is 20.9 Å². The SMILES string of the molecule is Nc1ccc(CS(=O)(=O)N2CCN(c3cnn(-c4cc(F)cc(F)c4)c(=O)c3OCC3(c4ccccc4)CC3)CC2)cc1. The molecule has 1 aliphatic heterocycles. The van der Waals surface area contributed by atoms with Gasteiger partial charge in [0.15, 0.2) is 0 Å². The van der Waals surface area contributed by atoms with E-state index in [4.69, 9.17) is 10.5 Å². The van der Waals surface area contributed by atoms with Crippen LogP contribution in [0.3, 0.4) is 0 Å². The molecule has 9 nitrogen and oxygen atoms in total. The van der Waals surface area contributed by atoms with Crippen LogP contribution in [0.5, 0.6) is 5.75 Å². The second-order valence-corrected chi connectivity index (χ2v) is 13.0. The number of sulfonamides is 1. The third kappa shape index (κ3) is 6.11. The number of nitrogens with zero attached hydrogens (tertiary/aromatic N) is 4. The highest BCUT2D eigenvalue weighted by molar-refractivity contribution is 7.88. The Labute approximate surface area is 248 Å². The van der Waals surface area contributed by atoms with Crippen molar-refractivity contribution < 1.29 is 21.9 Å². The zero-order valence-electron chi connectivity index (χ0n) is 23.3. The third-order valence-corrected chi connectivity index (χ3v) is 9.89. The van der Waals surface area contributed by atoms with Crippen molar-refractivity contribution in [3.05, 3.63) is 112 Å². The molecule has 2 N–H and O–H groups in total. The van der Waals surface area contributed by atoms with E-state index in [-0.39, 0.29) is 42.3 Å². The molecule has 3 aromatic carbocycles. The van der Waals surface area contributed by atoms with Crippen molar-refractivity contribution in [3.8, 4) is 11.4 Å². The number of hydrogen-bond acceptors (Lipinski definition) is 7. The van der Waals surface area contributed by atoms with Gasteiger partial charge in [0.1, 0.15) is 17.3 Å². The maximum Gasteiger partial charge on any atom is 0.316 e. The second-order valence-electron chi connectivity index (χ2n) is 11.0. The monoisotopic (exact) mass is 607 g/mol. The predicted molar refractivity (Wildman–Crippen MR) is 160 cm³/mol. The summed E-state index contributed by atoms with van der Waals surface area (Å²) < 4.78 is 62.9. The quantitative estimate of drug-likeness (QED) is 0.288. The molecule has 4 aromatic rings. The summed E-state index contributed by atoms with van der Waals surface area (Å²) in [6, 6.07) is 19.4. The van der Waals surface area contributed by atoms with Gasteiger partial charge in [0.25, 0.3) is 0 Å². The molecule has 224 valence electrons. The van der Waals surface area contributed by atoms with Gasteiger partial charge in [-0.2, -0.15) is 14.1 Å². The minimum atomic E-state index is -3.59. The molecule has 0 atom stereocenters. The standard InChI is InChI=1S/C31H31F2N5O4S/c32-24-16-25(33)18-27(17-24)38-30(39)29(42-21-31(10-11-31)23-4-2-1-3-5-23)28(19-35-38)36-12-14-37(15-13-36)43(40,41)20-22-6-8-26(34)9-7-22/h1-9,16-19H,10-15,20-21,34H2. The van der Waals surface area contributed by atoms with Crippen LogP contribution >= 0.6 is 0 Å². The Hall–Kier alpha value is -4.29. The van der Waals surface area contributed by atoms with Crippen molar-refractivity contribution in [2.75, 3.05) is 43.4 Å². The number of halogens is 2. The average molecular weight is 608 g/mol. The third-order valence-electron chi connectivity index (χ3n) is 8.04. The Morgan fingerprint density at radius 3 is 2.19 bits per heavy atom. The van der Waals surface area contributed by atoms with Gasteiger partial charge < -0.3 is 15.4 Å². The van der Waals surface area contributed by atoms with Crippen LogP contribution in [-0.4, -0.2) is 55.3 Å². The molecule has 1 saturated heterocycles. The summed E-state index contributed by atoms with van der Waals surface area (Å²) in [5.74, 6) is -1.83. The van der Waals surface area contributed by atoms with Crippen LogP contribution in [0.15, 0.2) is 83.8 Å². The summed E-state index contributed by atoms with van der Waals surface area (Å²) in [5, 5.41) is 4.22. The minimum Gasteiger partial charge on any atom is -0.485 e. The summed E-state index contributed by atoms with van der Waals surface area (Å²) in [6.07, 6.45) is 3.22. The first kappa shape index (κ1) is 28.8. The number of hydrogen-bond donors (Lipinski definition) is 1. The highest BCUT2D eigenvalue weighted by Crippen LogP contribution is 2.48. The van der Waals surface area contributed by atoms with E-state index in [0.29, 0.717) is 30.0 Å². The zero-order valence-corrected chi connectivity index (χ0v) is 24.1. The number of nitrogen functional groups attached to an aromatic ring is 1. The van der Waals surface area contributed by atoms with E-state index < -0.39 is 27.2 Å². The molecule has 1 aliphatic carbocycles. The molecule has 2 heterocycles. The molecule has 0 amide bonds. The first-order valence-corrected chi connectivity index (χ1v) is 15.6. The van der Waals surface area contributed by atoms with E-state index in [1.165, 1.54) is 10.5 Å². The van der Waals surface area contributed by atoms with E-state index in [0.717, 1.165) is 41.3 Å². The average Bonchev–Trinajstić information content (AvgIpc) is 3.79. The lowest BCUT2D eigenvalue weighted by molar-refractivity contribution is 0.272. The molecular weight excluding hydrogens is 576 g/mol. The van der Waals surface area contributed by atoms with Crippen molar-refractivity contribution in [2.24, 2.45) is 0 Å². The number of ether oxygens (including phenoxy) is 1. The molecule has 0 spiro atoms. The summed E-state index contributed by atoms with van der Waals surface area (Å²) in [5.41, 5.74) is 7.46. The van der Waals surface area contributed by atoms with Gasteiger partial charge in [-0.25, -0.2) is 17.2 Å². The van der Waals surface area contributed by atoms with E-state index in [2.05, 4.69) is 5.10 Å². The highest BCUT2D eigenvalue weighted by atomic mass is 32.2. The Kier molecular flexibility index (Phi) is 7.65. The van der Waals surface area contributed by atoms with Gasteiger partial charge >= 0.3 is 5.56 Å². The normalized spacial score (nSPS) is 16.7. The van der Waals surface area contributed by atoms with Crippen molar-refractivity contribution in [1.82, 2.24) is 14.1 Å². The smallest absolute Gasteiger partial charge is 0.316 e. The fourth-order valence-electron chi connectivity index (χ4n) is 5.43. The van der Waals surface area contributed by atoms with Gasteiger partial charge in [0, 0.05) is 43.3 Å². The van der Waals surface area contributed by atoms with Gasteiger partial charge in [-0.05, 0) is 48.2 Å². The number of aromatic nitrogens is 2. The molecule has 1 aromatic heterocycles. The summed E-state index contributed by atoms with van der Waals surface area (Å²) >= 11 is 0. The van der Waals surface area contributed by atoms with Crippen LogP contribution in [0.25, 0.3) is 5.69 Å². The van der Waals surface area contributed by atoms with Crippen LogP contribution in [0.2, 0.25) is 0 Å². The van der Waals surface area contributed by atoms with Gasteiger partial charge in [-0.1, -0.05) is 42.5 Å². The van der Waals surface area contributed by atoms with E-state index >= 15 is 0 Å². The van der Waals surface area contributed by atoms with Crippen molar-refractivity contribution in [1.29, 1.82) is 0 Å². The largest absolute Gasteiger partial charge is 0.485 e. The molecule has 12 heteroatoms. The molecule has 6 rings (SSSR count). The van der Waals surface area contributed by atoms with Crippen LogP contribution in [0.1, 0.15) is 24.0 Å². The van der Waals surface area contributed by atoms with E-state index in [1.807, 2.05) is 35.2 Å². The minimum absolute atomic E-state index is 0.0000527. The van der Waals surface area contributed by atoms with Crippen molar-refractivity contribution in [2.45, 2.75) is 24.0 Å². The zero-order chi connectivity index (χ0) is 30.2. The van der Waals surface area contributed by atoms with E-state index in [1.54, 1.807) is 24.3 Å². The second kappa shape index (κ2) is 11.4. The van der Waals surface area contributed by atoms with Gasteiger partial charge in [-0.15, -0.1) is 0 Å².